The third kappa shape index (κ3) is 1.75. The Morgan fingerprint density at radius 3 is 2.85 bits per heavy atom. The molecule has 1 N–H and O–H groups in total. The lowest BCUT2D eigenvalue weighted by Crippen LogP contribution is -2.32. The first-order chi connectivity index (χ1) is 6.15. The first-order valence-electron chi connectivity index (χ1n) is 5.53. The fourth-order valence-corrected chi connectivity index (χ4v) is 2.34. The van der Waals surface area contributed by atoms with Crippen LogP contribution >= 0.6 is 0 Å². The minimum atomic E-state index is -0.464. The lowest BCUT2D eigenvalue weighted by Gasteiger charge is -2.24. The molecule has 2 rings (SSSR count). The monoisotopic (exact) mass is 184 g/mol. The molecular weight excluding hydrogens is 164 g/mol. The van der Waals surface area contributed by atoms with Crippen LogP contribution in [0.15, 0.2) is 0 Å². The van der Waals surface area contributed by atoms with E-state index in [1.165, 1.54) is 6.42 Å². The van der Waals surface area contributed by atoms with Crippen LogP contribution in [-0.4, -0.2) is 22.9 Å². The Balaban J connectivity index is 1.80. The lowest BCUT2D eigenvalue weighted by atomic mass is 9.90. The summed E-state index contributed by atoms with van der Waals surface area (Å²) in [6, 6.07) is 0. The summed E-state index contributed by atoms with van der Waals surface area (Å²) in [5, 5.41) is 10.2. The molecule has 0 aromatic carbocycles. The predicted molar refractivity (Wildman–Crippen MR) is 51.5 cm³/mol. The van der Waals surface area contributed by atoms with Gasteiger partial charge in [0.2, 0.25) is 0 Å². The van der Waals surface area contributed by atoms with Crippen LogP contribution in [0.4, 0.5) is 0 Å². The molecule has 1 saturated carbocycles. The molecule has 2 unspecified atom stereocenters. The molecule has 2 aliphatic rings. The second-order valence-electron chi connectivity index (χ2n) is 4.79. The van der Waals surface area contributed by atoms with E-state index in [9.17, 15) is 5.11 Å². The average molecular weight is 184 g/mol. The molecule has 2 nitrogen and oxygen atoms in total. The van der Waals surface area contributed by atoms with Gasteiger partial charge in [0.25, 0.3) is 0 Å². The Morgan fingerprint density at radius 2 is 2.38 bits per heavy atom. The van der Waals surface area contributed by atoms with Gasteiger partial charge in [-0.3, -0.25) is 0 Å². The highest BCUT2D eigenvalue weighted by molar-refractivity contribution is 5.08. The third-order valence-corrected chi connectivity index (χ3v) is 3.74. The number of hydrogen-bond donors (Lipinski definition) is 1. The van der Waals surface area contributed by atoms with Crippen LogP contribution in [0.1, 0.15) is 46.0 Å². The van der Waals surface area contributed by atoms with Crippen molar-refractivity contribution < 1.29 is 9.84 Å². The molecule has 2 heteroatoms. The van der Waals surface area contributed by atoms with Crippen molar-refractivity contribution in [1.82, 2.24) is 0 Å². The summed E-state index contributed by atoms with van der Waals surface area (Å²) in [5.74, 6) is 0.738. The van der Waals surface area contributed by atoms with Gasteiger partial charge in [0.15, 0.2) is 0 Å². The van der Waals surface area contributed by atoms with E-state index in [0.29, 0.717) is 6.10 Å². The van der Waals surface area contributed by atoms with Crippen LogP contribution in [0.25, 0.3) is 0 Å². The summed E-state index contributed by atoms with van der Waals surface area (Å²) >= 11 is 0. The zero-order valence-electron chi connectivity index (χ0n) is 8.62. The van der Waals surface area contributed by atoms with Crippen LogP contribution < -0.4 is 0 Å². The van der Waals surface area contributed by atoms with E-state index >= 15 is 0 Å². The van der Waals surface area contributed by atoms with Crippen molar-refractivity contribution in [3.63, 3.8) is 0 Å². The first kappa shape index (κ1) is 9.47. The number of ether oxygens (including phenoxy) is 1. The topological polar surface area (TPSA) is 32.8 Å². The van der Waals surface area contributed by atoms with Crippen molar-refractivity contribution in [2.45, 2.75) is 63.8 Å². The fraction of sp³-hybridized carbons (Fsp3) is 1.00. The molecule has 0 bridgehead atoms. The number of fused-ring (bicyclic) bond motifs is 1. The van der Waals surface area contributed by atoms with E-state index in [2.05, 4.69) is 13.8 Å². The molecule has 1 aliphatic carbocycles. The Morgan fingerprint density at radius 1 is 1.62 bits per heavy atom. The quantitative estimate of drug-likeness (QED) is 0.679. The molecule has 4 atom stereocenters. The third-order valence-electron chi connectivity index (χ3n) is 3.74. The van der Waals surface area contributed by atoms with Crippen LogP contribution in [-0.2, 0) is 4.74 Å². The van der Waals surface area contributed by atoms with Gasteiger partial charge in [-0.2, -0.15) is 0 Å². The largest absolute Gasteiger partial charge is 0.387 e. The maximum Gasteiger partial charge on any atom is 0.113 e. The fourth-order valence-electron chi connectivity index (χ4n) is 2.34. The molecule has 1 heterocycles. The summed E-state index contributed by atoms with van der Waals surface area (Å²) in [4.78, 5) is 0. The first-order valence-corrected chi connectivity index (χ1v) is 5.53. The molecule has 1 saturated heterocycles. The number of hydrogen-bond acceptors (Lipinski definition) is 2. The summed E-state index contributed by atoms with van der Waals surface area (Å²) in [6.07, 6.45) is 5.91. The highest BCUT2D eigenvalue weighted by Gasteiger charge is 2.58. The van der Waals surface area contributed by atoms with Gasteiger partial charge in [0.05, 0.1) is 11.7 Å². The van der Waals surface area contributed by atoms with Crippen molar-refractivity contribution in [2.75, 3.05) is 0 Å². The van der Waals surface area contributed by atoms with E-state index < -0.39 is 5.60 Å². The smallest absolute Gasteiger partial charge is 0.113 e. The van der Waals surface area contributed by atoms with E-state index in [0.717, 1.165) is 31.6 Å². The molecule has 0 aromatic rings. The Kier molecular flexibility index (Phi) is 2.37. The second-order valence-corrected chi connectivity index (χ2v) is 4.79. The highest BCUT2D eigenvalue weighted by Crippen LogP contribution is 2.48. The van der Waals surface area contributed by atoms with Crippen LogP contribution in [0.3, 0.4) is 0 Å². The molecule has 2 fully saturated rings. The summed E-state index contributed by atoms with van der Waals surface area (Å²) < 4.78 is 5.38. The van der Waals surface area contributed by atoms with Gasteiger partial charge >= 0.3 is 0 Å². The maximum atomic E-state index is 10.2. The average Bonchev–Trinajstić information content (AvgIpc) is 2.85. The van der Waals surface area contributed by atoms with Crippen LogP contribution in [0, 0.1) is 5.92 Å². The van der Waals surface area contributed by atoms with E-state index in [1.54, 1.807) is 0 Å². The van der Waals surface area contributed by atoms with Crippen molar-refractivity contribution >= 4 is 0 Å². The zero-order valence-corrected chi connectivity index (χ0v) is 8.62. The van der Waals surface area contributed by atoms with E-state index in [1.807, 2.05) is 0 Å². The standard InChI is InChI=1S/C11H20O2/c1-3-8(2)4-6-11(12)7-5-9-10(11)13-9/h8-10,12H,3-7H2,1-2H3/t8?,9-,10-,11?/m1/s1. The van der Waals surface area contributed by atoms with Gasteiger partial charge in [0, 0.05) is 0 Å². The van der Waals surface area contributed by atoms with Crippen molar-refractivity contribution in [3.05, 3.63) is 0 Å². The molecule has 0 radical (unpaired) electrons. The Bertz CT molecular complexity index is 193. The van der Waals surface area contributed by atoms with Crippen LogP contribution in [0.2, 0.25) is 0 Å². The lowest BCUT2D eigenvalue weighted by molar-refractivity contribution is -0.00845. The summed E-state index contributed by atoms with van der Waals surface area (Å²) in [5.41, 5.74) is -0.464. The van der Waals surface area contributed by atoms with Crippen molar-refractivity contribution in [2.24, 2.45) is 5.92 Å². The van der Waals surface area contributed by atoms with Crippen molar-refractivity contribution in [3.8, 4) is 0 Å². The summed E-state index contributed by atoms with van der Waals surface area (Å²) in [7, 11) is 0. The van der Waals surface area contributed by atoms with Gasteiger partial charge in [-0.15, -0.1) is 0 Å². The van der Waals surface area contributed by atoms with E-state index in [4.69, 9.17) is 4.74 Å². The summed E-state index contributed by atoms with van der Waals surface area (Å²) in [6.45, 7) is 4.46. The Labute approximate surface area is 80.3 Å². The predicted octanol–water partition coefficient (Wildman–Crippen LogP) is 2.10. The highest BCUT2D eigenvalue weighted by atomic mass is 16.6. The molecule has 0 amide bonds. The van der Waals surface area contributed by atoms with Crippen molar-refractivity contribution in [1.29, 1.82) is 0 Å². The molecular formula is C11H20O2. The van der Waals surface area contributed by atoms with Gasteiger partial charge in [0.1, 0.15) is 6.10 Å². The number of aliphatic hydroxyl groups is 1. The Hall–Kier alpha value is -0.0800. The SMILES string of the molecule is CCC(C)CCC1(O)CC[C@H]2O[C@H]21. The number of epoxide rings is 1. The van der Waals surface area contributed by atoms with Crippen LogP contribution in [0.5, 0.6) is 0 Å². The van der Waals surface area contributed by atoms with Gasteiger partial charge in [-0.1, -0.05) is 20.3 Å². The second kappa shape index (κ2) is 3.25. The molecule has 0 spiro atoms. The minimum absolute atomic E-state index is 0.191. The zero-order chi connectivity index (χ0) is 9.47. The van der Waals surface area contributed by atoms with Gasteiger partial charge in [-0.05, 0) is 31.6 Å². The minimum Gasteiger partial charge on any atom is -0.387 e. The number of rotatable bonds is 4. The molecule has 76 valence electrons. The molecule has 1 aliphatic heterocycles. The maximum absolute atomic E-state index is 10.2. The normalized spacial score (nSPS) is 44.5. The van der Waals surface area contributed by atoms with Gasteiger partial charge < -0.3 is 9.84 Å². The van der Waals surface area contributed by atoms with E-state index in [-0.39, 0.29) is 6.10 Å². The molecule has 13 heavy (non-hydrogen) atoms. The van der Waals surface area contributed by atoms with Gasteiger partial charge in [-0.25, -0.2) is 0 Å². The molecule has 0 aromatic heterocycles.